The maximum absolute atomic E-state index is 12.6. The normalized spacial score (nSPS) is 9.15. The summed E-state index contributed by atoms with van der Waals surface area (Å²) in [5.74, 6) is 3.96. The molecule has 0 saturated carbocycles. The molecular weight excluding hydrogens is 192 g/mol. The molecule has 0 bridgehead atoms. The first-order chi connectivity index (χ1) is 6.24. The smallest absolute Gasteiger partial charge is 0.224 e. The zero-order valence-corrected chi connectivity index (χ0v) is 7.61. The number of thiol groups is 1. The van der Waals surface area contributed by atoms with Crippen molar-refractivity contribution >= 4 is 12.6 Å². The second-order valence-electron chi connectivity index (χ2n) is 2.27. The van der Waals surface area contributed by atoms with Crippen molar-refractivity contribution in [2.45, 2.75) is 6.42 Å². The molecule has 1 rings (SSSR count). The Morgan fingerprint density at radius 2 is 2.23 bits per heavy atom. The van der Waals surface area contributed by atoms with Crippen molar-refractivity contribution in [3.63, 3.8) is 0 Å². The van der Waals surface area contributed by atoms with E-state index in [0.717, 1.165) is 6.07 Å². The molecule has 0 aromatic carbocycles. The number of hydrogen-bond acceptors (Lipinski definition) is 2. The third-order valence-electron chi connectivity index (χ3n) is 1.27. The van der Waals surface area contributed by atoms with Gasteiger partial charge in [-0.15, -0.1) is 0 Å². The maximum atomic E-state index is 12.6. The van der Waals surface area contributed by atoms with Crippen LogP contribution in [0.4, 0.5) is 8.78 Å². The van der Waals surface area contributed by atoms with Crippen molar-refractivity contribution in [2.75, 3.05) is 5.75 Å². The molecule has 0 aliphatic carbocycles. The lowest BCUT2D eigenvalue weighted by Crippen LogP contribution is -1.89. The molecule has 1 aromatic heterocycles. The van der Waals surface area contributed by atoms with E-state index in [4.69, 9.17) is 0 Å². The van der Waals surface area contributed by atoms with Crippen LogP contribution >= 0.6 is 12.6 Å². The first-order valence-electron chi connectivity index (χ1n) is 3.65. The van der Waals surface area contributed by atoms with Gasteiger partial charge in [-0.3, -0.25) is 0 Å². The van der Waals surface area contributed by atoms with Crippen LogP contribution in [-0.2, 0) is 0 Å². The van der Waals surface area contributed by atoms with E-state index in [-0.39, 0.29) is 0 Å². The minimum absolute atomic E-state index is 0.376. The van der Waals surface area contributed by atoms with Crippen molar-refractivity contribution in [1.29, 1.82) is 0 Å². The van der Waals surface area contributed by atoms with Crippen LogP contribution in [0.5, 0.6) is 0 Å². The summed E-state index contributed by atoms with van der Waals surface area (Å²) in [6, 6.07) is 1.02. The zero-order valence-electron chi connectivity index (χ0n) is 6.72. The van der Waals surface area contributed by atoms with Gasteiger partial charge < -0.3 is 0 Å². The molecule has 1 heterocycles. The van der Waals surface area contributed by atoms with Crippen LogP contribution in [-0.4, -0.2) is 10.7 Å². The molecule has 4 heteroatoms. The lowest BCUT2D eigenvalue weighted by Gasteiger charge is -1.91. The van der Waals surface area contributed by atoms with Gasteiger partial charge in [-0.1, -0.05) is 11.8 Å². The van der Waals surface area contributed by atoms with Crippen molar-refractivity contribution in [2.24, 2.45) is 0 Å². The van der Waals surface area contributed by atoms with Gasteiger partial charge in [0.1, 0.15) is 0 Å². The minimum atomic E-state index is -1.10. The largest absolute Gasteiger partial charge is 0.248 e. The summed E-state index contributed by atoms with van der Waals surface area (Å²) >= 11 is 3.95. The molecule has 13 heavy (non-hydrogen) atoms. The van der Waals surface area contributed by atoms with Crippen LogP contribution in [0, 0.1) is 23.6 Å². The number of halogens is 2. The van der Waals surface area contributed by atoms with Gasteiger partial charge in [-0.2, -0.15) is 17.0 Å². The van der Waals surface area contributed by atoms with Gasteiger partial charge in [0.15, 0.2) is 5.82 Å². The van der Waals surface area contributed by atoms with Gasteiger partial charge >= 0.3 is 0 Å². The molecule has 0 N–H and O–H groups in total. The van der Waals surface area contributed by atoms with Crippen molar-refractivity contribution in [3.05, 3.63) is 29.6 Å². The average molecular weight is 199 g/mol. The van der Waals surface area contributed by atoms with E-state index >= 15 is 0 Å². The number of hydrogen-bond donors (Lipinski definition) is 1. The quantitative estimate of drug-likeness (QED) is 0.415. The third kappa shape index (κ3) is 3.03. The molecular formula is C9H7F2NS. The van der Waals surface area contributed by atoms with Crippen molar-refractivity contribution in [3.8, 4) is 11.8 Å². The van der Waals surface area contributed by atoms with Crippen LogP contribution in [0.1, 0.15) is 12.0 Å². The molecule has 0 atom stereocenters. The average Bonchev–Trinajstić information content (AvgIpc) is 2.12. The second-order valence-corrected chi connectivity index (χ2v) is 2.72. The van der Waals surface area contributed by atoms with E-state index in [0.29, 0.717) is 17.7 Å². The Morgan fingerprint density at radius 1 is 1.46 bits per heavy atom. The van der Waals surface area contributed by atoms with E-state index in [1.54, 1.807) is 0 Å². The highest BCUT2D eigenvalue weighted by atomic mass is 32.1. The Labute approximate surface area is 80.6 Å². The Balaban J connectivity index is 2.81. The molecule has 0 aliphatic heterocycles. The standard InChI is InChI=1S/C9H7F2NS/c10-8-5-7(3-1-2-4-13)6-12-9(8)11/h5-6,13H,2,4H2. The van der Waals surface area contributed by atoms with E-state index in [2.05, 4.69) is 29.5 Å². The Hall–Kier alpha value is -1.08. The van der Waals surface area contributed by atoms with Crippen molar-refractivity contribution in [1.82, 2.24) is 4.98 Å². The first kappa shape index (κ1) is 10.0. The summed E-state index contributed by atoms with van der Waals surface area (Å²) in [5.41, 5.74) is 0.376. The summed E-state index contributed by atoms with van der Waals surface area (Å²) < 4.78 is 24.9. The predicted molar refractivity (Wildman–Crippen MR) is 49.5 cm³/mol. The summed E-state index contributed by atoms with van der Waals surface area (Å²) in [6.45, 7) is 0. The van der Waals surface area contributed by atoms with E-state index in [1.807, 2.05) is 0 Å². The zero-order chi connectivity index (χ0) is 9.68. The lowest BCUT2D eigenvalue weighted by molar-refractivity contribution is 0.479. The van der Waals surface area contributed by atoms with Crippen LogP contribution in [0.15, 0.2) is 12.3 Å². The van der Waals surface area contributed by atoms with Gasteiger partial charge in [0.2, 0.25) is 5.95 Å². The summed E-state index contributed by atoms with van der Waals surface area (Å²) in [4.78, 5) is 3.19. The Bertz CT molecular complexity index is 354. The molecule has 0 radical (unpaired) electrons. The molecule has 0 unspecified atom stereocenters. The van der Waals surface area contributed by atoms with Gasteiger partial charge in [0.05, 0.1) is 0 Å². The molecule has 0 aliphatic rings. The highest BCUT2D eigenvalue weighted by Gasteiger charge is 2.01. The number of rotatable bonds is 1. The first-order valence-corrected chi connectivity index (χ1v) is 4.28. The fraction of sp³-hybridized carbons (Fsp3) is 0.222. The van der Waals surface area contributed by atoms with E-state index < -0.39 is 11.8 Å². The van der Waals surface area contributed by atoms with Crippen LogP contribution < -0.4 is 0 Å². The van der Waals surface area contributed by atoms with Crippen LogP contribution in [0.2, 0.25) is 0 Å². The summed E-state index contributed by atoms with van der Waals surface area (Å²) in [7, 11) is 0. The molecule has 1 nitrogen and oxygen atoms in total. The van der Waals surface area contributed by atoms with E-state index in [1.165, 1.54) is 6.20 Å². The summed E-state index contributed by atoms with van der Waals surface area (Å²) in [5, 5.41) is 0. The predicted octanol–water partition coefficient (Wildman–Crippen LogP) is 2.03. The molecule has 0 amide bonds. The summed E-state index contributed by atoms with van der Waals surface area (Å²) in [6.07, 6.45) is 1.81. The van der Waals surface area contributed by atoms with Crippen molar-refractivity contribution < 1.29 is 8.78 Å². The van der Waals surface area contributed by atoms with E-state index in [9.17, 15) is 8.78 Å². The second kappa shape index (κ2) is 4.83. The number of nitrogens with zero attached hydrogens (tertiary/aromatic N) is 1. The molecule has 0 spiro atoms. The minimum Gasteiger partial charge on any atom is -0.224 e. The number of aromatic nitrogens is 1. The molecule has 68 valence electrons. The van der Waals surface area contributed by atoms with Gasteiger partial charge in [-0.25, -0.2) is 9.37 Å². The fourth-order valence-electron chi connectivity index (χ4n) is 0.710. The van der Waals surface area contributed by atoms with Gasteiger partial charge in [0.25, 0.3) is 0 Å². The highest BCUT2D eigenvalue weighted by molar-refractivity contribution is 7.80. The van der Waals surface area contributed by atoms with Gasteiger partial charge in [0, 0.05) is 23.9 Å². The Kier molecular flexibility index (Phi) is 3.71. The van der Waals surface area contributed by atoms with Crippen LogP contribution in [0.3, 0.4) is 0 Å². The molecule has 0 fully saturated rings. The molecule has 1 aromatic rings. The topological polar surface area (TPSA) is 12.9 Å². The SMILES string of the molecule is Fc1cc(C#CCCS)cnc1F. The number of pyridine rings is 1. The molecule has 0 saturated heterocycles. The highest BCUT2D eigenvalue weighted by Crippen LogP contribution is 2.03. The fourth-order valence-corrected chi connectivity index (χ4v) is 0.822. The van der Waals surface area contributed by atoms with Crippen LogP contribution in [0.25, 0.3) is 0 Å². The monoisotopic (exact) mass is 199 g/mol. The Morgan fingerprint density at radius 3 is 2.85 bits per heavy atom. The lowest BCUT2D eigenvalue weighted by atomic mass is 10.3. The maximum Gasteiger partial charge on any atom is 0.248 e. The van der Waals surface area contributed by atoms with Gasteiger partial charge in [-0.05, 0) is 6.07 Å². The third-order valence-corrected chi connectivity index (χ3v) is 1.49.